The second kappa shape index (κ2) is 6.54. The summed E-state index contributed by atoms with van der Waals surface area (Å²) in [4.78, 5) is 13.6. The van der Waals surface area contributed by atoms with Crippen molar-refractivity contribution >= 4 is 5.91 Å². The monoisotopic (exact) mass is 264 g/mol. The highest BCUT2D eigenvalue weighted by molar-refractivity contribution is 5.78. The minimum absolute atomic E-state index is 0.0504. The summed E-state index contributed by atoms with van der Waals surface area (Å²) in [5.41, 5.74) is 1.11. The van der Waals surface area contributed by atoms with Crippen LogP contribution in [0.5, 0.6) is 5.75 Å². The first-order valence-electron chi connectivity index (χ1n) is 6.41. The summed E-state index contributed by atoms with van der Waals surface area (Å²) in [5.74, 6) is 0.875. The summed E-state index contributed by atoms with van der Waals surface area (Å²) in [5, 5.41) is 3.25. The quantitative estimate of drug-likeness (QED) is 0.855. The van der Waals surface area contributed by atoms with E-state index < -0.39 is 0 Å². The second-order valence-corrected chi connectivity index (χ2v) is 4.51. The number of ether oxygens (including phenoxy) is 2. The zero-order valence-electron chi connectivity index (χ0n) is 11.4. The first-order chi connectivity index (χ1) is 9.24. The Kier molecular flexibility index (Phi) is 4.76. The molecule has 0 aromatic heterocycles. The zero-order valence-corrected chi connectivity index (χ0v) is 11.4. The van der Waals surface area contributed by atoms with Gasteiger partial charge in [-0.1, -0.05) is 12.1 Å². The van der Waals surface area contributed by atoms with Crippen LogP contribution < -0.4 is 10.1 Å². The van der Waals surface area contributed by atoms with Gasteiger partial charge < -0.3 is 19.7 Å². The Bertz CT molecular complexity index is 436. The predicted octanol–water partition coefficient (Wildman–Crippen LogP) is 0.814. The van der Waals surface area contributed by atoms with Gasteiger partial charge >= 0.3 is 0 Å². The lowest BCUT2D eigenvalue weighted by Crippen LogP contribution is -2.45. The van der Waals surface area contributed by atoms with E-state index in [-0.39, 0.29) is 18.6 Å². The van der Waals surface area contributed by atoms with Gasteiger partial charge in [0.25, 0.3) is 0 Å². The average molecular weight is 264 g/mol. The van der Waals surface area contributed by atoms with E-state index in [9.17, 15) is 4.79 Å². The molecule has 0 spiro atoms. The molecule has 1 aromatic rings. The highest BCUT2D eigenvalue weighted by Gasteiger charge is 2.22. The van der Waals surface area contributed by atoms with E-state index in [0.717, 1.165) is 11.3 Å². The van der Waals surface area contributed by atoms with E-state index in [1.165, 1.54) is 0 Å². The third kappa shape index (κ3) is 3.45. The number of likely N-dealkylation sites (N-methyl/N-ethyl adjacent to an activating group) is 1. The largest absolute Gasteiger partial charge is 0.497 e. The molecule has 1 N–H and O–H groups in total. The number of methoxy groups -OCH3 is 1. The number of hydrogen-bond acceptors (Lipinski definition) is 4. The molecule has 0 aliphatic carbocycles. The Morgan fingerprint density at radius 1 is 1.53 bits per heavy atom. The molecular weight excluding hydrogens is 244 g/mol. The highest BCUT2D eigenvalue weighted by Crippen LogP contribution is 2.20. The molecule has 1 saturated heterocycles. The van der Waals surface area contributed by atoms with Crippen LogP contribution in [0, 0.1) is 0 Å². The maximum absolute atomic E-state index is 11.7. The summed E-state index contributed by atoms with van der Waals surface area (Å²) >= 11 is 0. The molecule has 5 nitrogen and oxygen atoms in total. The van der Waals surface area contributed by atoms with Gasteiger partial charge in [-0.2, -0.15) is 0 Å². The molecular formula is C14H20N2O3. The van der Waals surface area contributed by atoms with Gasteiger partial charge in [-0.15, -0.1) is 0 Å². The SMILES string of the molecule is CNC(CN1CCOCC1=O)c1cccc(OC)c1. The third-order valence-corrected chi connectivity index (χ3v) is 3.33. The van der Waals surface area contributed by atoms with Crippen molar-refractivity contribution < 1.29 is 14.3 Å². The van der Waals surface area contributed by atoms with Gasteiger partial charge in [-0.25, -0.2) is 0 Å². The molecule has 104 valence electrons. The first-order valence-corrected chi connectivity index (χ1v) is 6.41. The predicted molar refractivity (Wildman–Crippen MR) is 72.2 cm³/mol. The standard InChI is InChI=1S/C14H20N2O3/c1-15-13(9-16-6-7-19-10-14(16)17)11-4-3-5-12(8-11)18-2/h3-5,8,13,15H,6-7,9-10H2,1-2H3. The van der Waals surface area contributed by atoms with E-state index in [4.69, 9.17) is 9.47 Å². The minimum Gasteiger partial charge on any atom is -0.497 e. The van der Waals surface area contributed by atoms with Crippen molar-refractivity contribution in [2.45, 2.75) is 6.04 Å². The van der Waals surface area contributed by atoms with Crippen molar-refractivity contribution in [3.63, 3.8) is 0 Å². The zero-order chi connectivity index (χ0) is 13.7. The summed E-state index contributed by atoms with van der Waals surface area (Å²) in [6, 6.07) is 7.99. The second-order valence-electron chi connectivity index (χ2n) is 4.51. The van der Waals surface area contributed by atoms with Gasteiger partial charge in [0.05, 0.1) is 13.7 Å². The number of benzene rings is 1. The number of nitrogens with zero attached hydrogens (tertiary/aromatic N) is 1. The van der Waals surface area contributed by atoms with E-state index in [2.05, 4.69) is 5.32 Å². The number of hydrogen-bond donors (Lipinski definition) is 1. The summed E-state index contributed by atoms with van der Waals surface area (Å²) in [6.45, 7) is 2.10. The van der Waals surface area contributed by atoms with Crippen molar-refractivity contribution in [2.24, 2.45) is 0 Å². The summed E-state index contributed by atoms with van der Waals surface area (Å²) < 4.78 is 10.4. The summed E-state index contributed by atoms with van der Waals surface area (Å²) in [6.07, 6.45) is 0. The lowest BCUT2D eigenvalue weighted by molar-refractivity contribution is -0.143. The van der Waals surface area contributed by atoms with Gasteiger partial charge in [0.15, 0.2) is 0 Å². The molecule has 1 aromatic carbocycles. The number of nitrogens with one attached hydrogen (secondary N) is 1. The minimum atomic E-state index is 0.0504. The smallest absolute Gasteiger partial charge is 0.248 e. The van der Waals surface area contributed by atoms with Crippen molar-refractivity contribution in [2.75, 3.05) is 40.5 Å². The van der Waals surface area contributed by atoms with E-state index >= 15 is 0 Å². The van der Waals surface area contributed by atoms with Crippen LogP contribution in [0.25, 0.3) is 0 Å². The number of morpholine rings is 1. The lowest BCUT2D eigenvalue weighted by Gasteiger charge is -2.30. The molecule has 1 aliphatic heterocycles. The van der Waals surface area contributed by atoms with Crippen LogP contribution >= 0.6 is 0 Å². The van der Waals surface area contributed by atoms with Gasteiger partial charge in [-0.05, 0) is 24.7 Å². The molecule has 1 fully saturated rings. The van der Waals surface area contributed by atoms with E-state index in [0.29, 0.717) is 19.7 Å². The fraction of sp³-hybridized carbons (Fsp3) is 0.500. The molecule has 1 aliphatic rings. The lowest BCUT2D eigenvalue weighted by atomic mass is 10.1. The average Bonchev–Trinajstić information content (AvgIpc) is 2.46. The van der Waals surface area contributed by atoms with Gasteiger partial charge in [0, 0.05) is 19.1 Å². The van der Waals surface area contributed by atoms with E-state index in [1.807, 2.05) is 36.2 Å². The van der Waals surface area contributed by atoms with Gasteiger partial charge in [-0.3, -0.25) is 4.79 Å². The molecule has 0 bridgehead atoms. The van der Waals surface area contributed by atoms with Crippen LogP contribution in [0.2, 0.25) is 0 Å². The number of carbonyl (C=O) groups excluding carboxylic acids is 1. The van der Waals surface area contributed by atoms with Crippen LogP contribution in [0.1, 0.15) is 11.6 Å². The van der Waals surface area contributed by atoms with Crippen LogP contribution in [-0.4, -0.2) is 51.3 Å². The van der Waals surface area contributed by atoms with Crippen LogP contribution in [0.3, 0.4) is 0 Å². The number of amides is 1. The third-order valence-electron chi connectivity index (χ3n) is 3.33. The molecule has 1 amide bonds. The maximum Gasteiger partial charge on any atom is 0.248 e. The Morgan fingerprint density at radius 3 is 3.05 bits per heavy atom. The van der Waals surface area contributed by atoms with Crippen molar-refractivity contribution in [1.29, 1.82) is 0 Å². The molecule has 0 saturated carbocycles. The Hall–Kier alpha value is -1.59. The molecule has 1 unspecified atom stereocenters. The Balaban J connectivity index is 2.08. The molecule has 1 atom stereocenters. The molecule has 2 rings (SSSR count). The summed E-state index contributed by atoms with van der Waals surface area (Å²) in [7, 11) is 3.55. The Morgan fingerprint density at radius 2 is 2.37 bits per heavy atom. The van der Waals surface area contributed by atoms with Crippen molar-refractivity contribution in [1.82, 2.24) is 10.2 Å². The van der Waals surface area contributed by atoms with E-state index in [1.54, 1.807) is 7.11 Å². The van der Waals surface area contributed by atoms with Crippen molar-refractivity contribution in [3.8, 4) is 5.75 Å². The fourth-order valence-corrected chi connectivity index (χ4v) is 2.19. The molecule has 0 radical (unpaired) electrons. The Labute approximate surface area is 113 Å². The molecule has 5 heteroatoms. The maximum atomic E-state index is 11.7. The van der Waals surface area contributed by atoms with Gasteiger partial charge in [0.2, 0.25) is 5.91 Å². The topological polar surface area (TPSA) is 50.8 Å². The molecule has 19 heavy (non-hydrogen) atoms. The van der Waals surface area contributed by atoms with Crippen LogP contribution in [0.4, 0.5) is 0 Å². The number of rotatable bonds is 5. The molecule has 1 heterocycles. The van der Waals surface area contributed by atoms with Crippen molar-refractivity contribution in [3.05, 3.63) is 29.8 Å². The van der Waals surface area contributed by atoms with Crippen LogP contribution in [0.15, 0.2) is 24.3 Å². The first kappa shape index (κ1) is 13.8. The highest BCUT2D eigenvalue weighted by atomic mass is 16.5. The normalized spacial score (nSPS) is 17.4. The van der Waals surface area contributed by atoms with Gasteiger partial charge in [0.1, 0.15) is 12.4 Å². The van der Waals surface area contributed by atoms with Crippen LogP contribution in [-0.2, 0) is 9.53 Å². The fourth-order valence-electron chi connectivity index (χ4n) is 2.19. The number of carbonyl (C=O) groups is 1.